The quantitative estimate of drug-likeness (QED) is 0.586. The van der Waals surface area contributed by atoms with Gasteiger partial charge in [0.15, 0.2) is 0 Å². The molecule has 1 aliphatic heterocycles. The smallest absolute Gasteiger partial charge is 0.392 e. The maximum Gasteiger partial charge on any atom is 0.401 e. The SMILES string of the molecule is CN(CCCNC(=O)C1CC(O)CN1)CC(F)(F)F. The molecule has 112 valence electrons. The molecule has 0 aromatic heterocycles. The van der Waals surface area contributed by atoms with Crippen LogP contribution >= 0.6 is 0 Å². The monoisotopic (exact) mass is 283 g/mol. The van der Waals surface area contributed by atoms with Crippen molar-refractivity contribution >= 4 is 5.91 Å². The first kappa shape index (κ1) is 16.2. The summed E-state index contributed by atoms with van der Waals surface area (Å²) in [7, 11) is 1.39. The fraction of sp³-hybridized carbons (Fsp3) is 0.909. The van der Waals surface area contributed by atoms with Gasteiger partial charge >= 0.3 is 6.18 Å². The third-order valence-corrected chi connectivity index (χ3v) is 2.89. The zero-order chi connectivity index (χ0) is 14.5. The summed E-state index contributed by atoms with van der Waals surface area (Å²) in [5.74, 6) is -0.213. The van der Waals surface area contributed by atoms with Crippen molar-refractivity contribution < 1.29 is 23.1 Å². The molecule has 1 heterocycles. The number of hydrogen-bond donors (Lipinski definition) is 3. The van der Waals surface area contributed by atoms with Gasteiger partial charge in [-0.1, -0.05) is 0 Å². The minimum absolute atomic E-state index is 0.213. The van der Waals surface area contributed by atoms with Crippen molar-refractivity contribution in [3.63, 3.8) is 0 Å². The molecule has 1 saturated heterocycles. The Kier molecular flexibility index (Phi) is 6.02. The summed E-state index contributed by atoms with van der Waals surface area (Å²) in [5.41, 5.74) is 0. The molecule has 5 nitrogen and oxygen atoms in total. The van der Waals surface area contributed by atoms with Gasteiger partial charge in [0.25, 0.3) is 0 Å². The molecule has 0 spiro atoms. The number of hydrogen-bond acceptors (Lipinski definition) is 4. The molecule has 0 aromatic carbocycles. The topological polar surface area (TPSA) is 64.6 Å². The van der Waals surface area contributed by atoms with Crippen molar-refractivity contribution in [2.24, 2.45) is 0 Å². The molecular formula is C11H20F3N3O2. The number of carbonyl (C=O) groups is 1. The van der Waals surface area contributed by atoms with Gasteiger partial charge in [-0.15, -0.1) is 0 Å². The lowest BCUT2D eigenvalue weighted by Crippen LogP contribution is -2.41. The lowest BCUT2D eigenvalue weighted by atomic mass is 10.2. The van der Waals surface area contributed by atoms with Crippen LogP contribution in [0.4, 0.5) is 13.2 Å². The fourth-order valence-corrected chi connectivity index (χ4v) is 1.99. The predicted molar refractivity (Wildman–Crippen MR) is 63.6 cm³/mol. The van der Waals surface area contributed by atoms with Crippen LogP contribution in [-0.2, 0) is 4.79 Å². The van der Waals surface area contributed by atoms with Crippen molar-refractivity contribution in [2.75, 3.05) is 33.2 Å². The van der Waals surface area contributed by atoms with E-state index in [1.165, 1.54) is 11.9 Å². The van der Waals surface area contributed by atoms with E-state index in [9.17, 15) is 23.1 Å². The van der Waals surface area contributed by atoms with Gasteiger partial charge in [0.2, 0.25) is 5.91 Å². The van der Waals surface area contributed by atoms with E-state index in [1.807, 2.05) is 0 Å². The van der Waals surface area contributed by atoms with Crippen molar-refractivity contribution in [1.29, 1.82) is 0 Å². The average Bonchev–Trinajstić information content (AvgIpc) is 2.68. The number of carbonyl (C=O) groups excluding carboxylic acids is 1. The Morgan fingerprint density at radius 1 is 1.53 bits per heavy atom. The van der Waals surface area contributed by atoms with Crippen LogP contribution in [0, 0.1) is 0 Å². The predicted octanol–water partition coefficient (Wildman–Crippen LogP) is -0.290. The molecule has 1 aliphatic rings. The van der Waals surface area contributed by atoms with Crippen LogP contribution in [0.1, 0.15) is 12.8 Å². The number of aliphatic hydroxyl groups excluding tert-OH is 1. The van der Waals surface area contributed by atoms with E-state index in [0.29, 0.717) is 25.9 Å². The lowest BCUT2D eigenvalue weighted by molar-refractivity contribution is -0.143. The number of nitrogens with zero attached hydrogens (tertiary/aromatic N) is 1. The highest BCUT2D eigenvalue weighted by molar-refractivity contribution is 5.82. The number of halogens is 3. The maximum absolute atomic E-state index is 12.0. The Balaban J connectivity index is 2.09. The highest BCUT2D eigenvalue weighted by Crippen LogP contribution is 2.15. The van der Waals surface area contributed by atoms with Crippen LogP contribution in [0.2, 0.25) is 0 Å². The van der Waals surface area contributed by atoms with Crippen LogP contribution in [0.25, 0.3) is 0 Å². The third kappa shape index (κ3) is 6.74. The molecule has 3 N–H and O–H groups in total. The number of β-amino-alcohol motifs (C(OH)–C–C–N with tert-alkyl or cyclic N) is 1. The van der Waals surface area contributed by atoms with Crippen molar-refractivity contribution in [1.82, 2.24) is 15.5 Å². The van der Waals surface area contributed by atoms with Crippen LogP contribution in [0.5, 0.6) is 0 Å². The van der Waals surface area contributed by atoms with Crippen LogP contribution in [-0.4, -0.2) is 67.5 Å². The molecule has 8 heteroatoms. The number of amides is 1. The van der Waals surface area contributed by atoms with Gasteiger partial charge in [-0.2, -0.15) is 13.2 Å². The minimum atomic E-state index is -4.19. The molecule has 1 rings (SSSR count). The maximum atomic E-state index is 12.0. The summed E-state index contributed by atoms with van der Waals surface area (Å²) in [6, 6.07) is -0.400. The molecule has 0 radical (unpaired) electrons. The fourth-order valence-electron chi connectivity index (χ4n) is 1.99. The van der Waals surface area contributed by atoms with Gasteiger partial charge in [-0.05, 0) is 26.4 Å². The van der Waals surface area contributed by atoms with Gasteiger partial charge < -0.3 is 15.7 Å². The molecule has 0 bridgehead atoms. The summed E-state index contributed by atoms with van der Waals surface area (Å²) >= 11 is 0. The molecule has 1 amide bonds. The van der Waals surface area contributed by atoms with Crippen molar-refractivity contribution in [2.45, 2.75) is 31.2 Å². The molecular weight excluding hydrogens is 263 g/mol. The van der Waals surface area contributed by atoms with Crippen LogP contribution < -0.4 is 10.6 Å². The number of rotatable bonds is 6. The van der Waals surface area contributed by atoms with Crippen molar-refractivity contribution in [3.8, 4) is 0 Å². The minimum Gasteiger partial charge on any atom is -0.392 e. The normalized spacial score (nSPS) is 23.9. The Morgan fingerprint density at radius 3 is 2.74 bits per heavy atom. The number of alkyl halides is 3. The highest BCUT2D eigenvalue weighted by atomic mass is 19.4. The molecule has 2 atom stereocenters. The molecule has 1 fully saturated rings. The van der Waals surface area contributed by atoms with Gasteiger partial charge in [0, 0.05) is 13.1 Å². The molecule has 0 aromatic rings. The third-order valence-electron chi connectivity index (χ3n) is 2.89. The van der Waals surface area contributed by atoms with Gasteiger partial charge in [0.1, 0.15) is 0 Å². The summed E-state index contributed by atoms with van der Waals surface area (Å²) in [6.07, 6.45) is -3.87. The summed E-state index contributed by atoms with van der Waals surface area (Å²) in [6.45, 7) is 0.0412. The van der Waals surface area contributed by atoms with E-state index in [1.54, 1.807) is 0 Å². The first-order valence-electron chi connectivity index (χ1n) is 6.22. The van der Waals surface area contributed by atoms with Gasteiger partial charge in [0.05, 0.1) is 18.7 Å². The van der Waals surface area contributed by atoms with E-state index in [4.69, 9.17) is 0 Å². The van der Waals surface area contributed by atoms with Gasteiger partial charge in [-0.25, -0.2) is 0 Å². The second-order valence-electron chi connectivity index (χ2n) is 4.85. The van der Waals surface area contributed by atoms with E-state index in [2.05, 4.69) is 10.6 Å². The Morgan fingerprint density at radius 2 is 2.21 bits per heavy atom. The number of nitrogens with one attached hydrogen (secondary N) is 2. The van der Waals surface area contributed by atoms with E-state index in [-0.39, 0.29) is 12.5 Å². The van der Waals surface area contributed by atoms with E-state index < -0.39 is 24.9 Å². The van der Waals surface area contributed by atoms with Crippen molar-refractivity contribution in [3.05, 3.63) is 0 Å². The highest BCUT2D eigenvalue weighted by Gasteiger charge is 2.29. The Hall–Kier alpha value is -0.860. The molecule has 0 saturated carbocycles. The first-order valence-corrected chi connectivity index (χ1v) is 6.22. The summed E-state index contributed by atoms with van der Waals surface area (Å²) in [4.78, 5) is 12.8. The first-order chi connectivity index (χ1) is 8.78. The van der Waals surface area contributed by atoms with Gasteiger partial charge in [-0.3, -0.25) is 9.69 Å². The zero-order valence-corrected chi connectivity index (χ0v) is 10.8. The summed E-state index contributed by atoms with van der Waals surface area (Å²) < 4.78 is 36.1. The molecule has 0 aliphatic carbocycles. The largest absolute Gasteiger partial charge is 0.401 e. The lowest BCUT2D eigenvalue weighted by Gasteiger charge is -2.18. The zero-order valence-electron chi connectivity index (χ0n) is 10.8. The molecule has 19 heavy (non-hydrogen) atoms. The second kappa shape index (κ2) is 7.06. The summed E-state index contributed by atoms with van der Waals surface area (Å²) in [5, 5.41) is 14.8. The van der Waals surface area contributed by atoms with E-state index >= 15 is 0 Å². The Labute approximate surface area is 110 Å². The van der Waals surface area contributed by atoms with Crippen LogP contribution in [0.15, 0.2) is 0 Å². The number of aliphatic hydroxyl groups is 1. The van der Waals surface area contributed by atoms with Crippen LogP contribution in [0.3, 0.4) is 0 Å². The average molecular weight is 283 g/mol. The Bertz CT molecular complexity index is 299. The second-order valence-corrected chi connectivity index (χ2v) is 4.85. The standard InChI is InChI=1S/C11H20F3N3O2/c1-17(7-11(12,13)14)4-2-3-15-10(19)9-5-8(18)6-16-9/h8-9,16,18H,2-7H2,1H3,(H,15,19). The van der Waals surface area contributed by atoms with E-state index in [0.717, 1.165) is 0 Å². The molecule has 2 unspecified atom stereocenters.